The molecule has 0 bridgehead atoms. The predicted octanol–water partition coefficient (Wildman–Crippen LogP) is 4.00. The summed E-state index contributed by atoms with van der Waals surface area (Å²) in [6.45, 7) is 3.08. The van der Waals surface area contributed by atoms with E-state index in [0.717, 1.165) is 36.9 Å². The topological polar surface area (TPSA) is 21.3 Å². The summed E-state index contributed by atoms with van der Waals surface area (Å²) in [5, 5.41) is 3.38. The maximum Gasteiger partial charge on any atom is 0.119 e. The lowest BCUT2D eigenvalue weighted by molar-refractivity contribution is 0.209. The molecule has 1 heterocycles. The van der Waals surface area contributed by atoms with Gasteiger partial charge in [-0.25, -0.2) is 0 Å². The maximum atomic E-state index is 5.94. The Morgan fingerprint density at radius 3 is 2.41 bits per heavy atom. The molecule has 1 aliphatic carbocycles. The van der Waals surface area contributed by atoms with Gasteiger partial charge in [-0.3, -0.25) is 0 Å². The zero-order chi connectivity index (χ0) is 15.0. The van der Waals surface area contributed by atoms with Crippen molar-refractivity contribution in [3.63, 3.8) is 0 Å². The second kappa shape index (κ2) is 8.25. The van der Waals surface area contributed by atoms with Crippen LogP contribution in [0.2, 0.25) is 0 Å². The van der Waals surface area contributed by atoms with Gasteiger partial charge in [0.05, 0.1) is 6.61 Å². The van der Waals surface area contributed by atoms with Crippen LogP contribution in [0.3, 0.4) is 0 Å². The summed E-state index contributed by atoms with van der Waals surface area (Å²) in [6, 6.07) is 8.30. The molecule has 0 aromatic heterocycles. The van der Waals surface area contributed by atoms with Crippen molar-refractivity contribution < 1.29 is 4.74 Å². The molecule has 0 unspecified atom stereocenters. The molecule has 1 N–H and O–H groups in total. The Kier molecular flexibility index (Phi) is 5.79. The third-order valence-corrected chi connectivity index (χ3v) is 4.82. The SMILES string of the molecule is C(#CC1CCNCC1)c1ccc(OCC2CCCCC2)cc1. The first-order valence-electron chi connectivity index (χ1n) is 8.85. The minimum Gasteiger partial charge on any atom is -0.493 e. The van der Waals surface area contributed by atoms with Crippen molar-refractivity contribution in [3.8, 4) is 17.6 Å². The van der Waals surface area contributed by atoms with Crippen LogP contribution < -0.4 is 10.1 Å². The van der Waals surface area contributed by atoms with Gasteiger partial charge in [-0.05, 0) is 69.0 Å². The quantitative estimate of drug-likeness (QED) is 0.852. The predicted molar refractivity (Wildman–Crippen MR) is 91.0 cm³/mol. The van der Waals surface area contributed by atoms with E-state index in [1.54, 1.807) is 0 Å². The molecule has 1 aliphatic heterocycles. The van der Waals surface area contributed by atoms with Gasteiger partial charge >= 0.3 is 0 Å². The van der Waals surface area contributed by atoms with E-state index < -0.39 is 0 Å². The molecule has 3 rings (SSSR count). The second-order valence-corrected chi connectivity index (χ2v) is 6.63. The van der Waals surface area contributed by atoms with E-state index in [1.165, 1.54) is 44.9 Å². The van der Waals surface area contributed by atoms with Gasteiger partial charge in [0.25, 0.3) is 0 Å². The van der Waals surface area contributed by atoms with Crippen molar-refractivity contribution >= 4 is 0 Å². The van der Waals surface area contributed by atoms with E-state index >= 15 is 0 Å². The summed E-state index contributed by atoms with van der Waals surface area (Å²) in [5.41, 5.74) is 1.10. The molecule has 1 saturated heterocycles. The van der Waals surface area contributed by atoms with Crippen LogP contribution in [0.4, 0.5) is 0 Å². The molecule has 0 atom stereocenters. The zero-order valence-corrected chi connectivity index (χ0v) is 13.4. The van der Waals surface area contributed by atoms with E-state index in [-0.39, 0.29) is 0 Å². The van der Waals surface area contributed by atoms with E-state index in [2.05, 4.69) is 41.4 Å². The Bertz CT molecular complexity index is 499. The molecule has 1 aromatic rings. The van der Waals surface area contributed by atoms with Crippen molar-refractivity contribution in [1.82, 2.24) is 5.32 Å². The summed E-state index contributed by atoms with van der Waals surface area (Å²) in [5.74, 6) is 9.02. The number of benzene rings is 1. The summed E-state index contributed by atoms with van der Waals surface area (Å²) >= 11 is 0. The van der Waals surface area contributed by atoms with E-state index in [1.807, 2.05) is 0 Å². The molecule has 2 aliphatic rings. The lowest BCUT2D eigenvalue weighted by atomic mass is 9.90. The summed E-state index contributed by atoms with van der Waals surface area (Å²) in [6.07, 6.45) is 9.17. The van der Waals surface area contributed by atoms with Gasteiger partial charge in [-0.1, -0.05) is 31.1 Å². The molecule has 1 aromatic carbocycles. The van der Waals surface area contributed by atoms with Gasteiger partial charge in [0.2, 0.25) is 0 Å². The fraction of sp³-hybridized carbons (Fsp3) is 0.600. The number of ether oxygens (including phenoxy) is 1. The highest BCUT2D eigenvalue weighted by Gasteiger charge is 2.13. The van der Waals surface area contributed by atoms with Crippen molar-refractivity contribution in [2.45, 2.75) is 44.9 Å². The zero-order valence-electron chi connectivity index (χ0n) is 13.4. The number of rotatable bonds is 3. The fourth-order valence-corrected chi connectivity index (χ4v) is 3.35. The molecule has 2 nitrogen and oxygen atoms in total. The van der Waals surface area contributed by atoms with Crippen molar-refractivity contribution in [2.24, 2.45) is 11.8 Å². The highest BCUT2D eigenvalue weighted by Crippen LogP contribution is 2.24. The molecule has 2 fully saturated rings. The summed E-state index contributed by atoms with van der Waals surface area (Å²) in [7, 11) is 0. The lowest BCUT2D eigenvalue weighted by Crippen LogP contribution is -2.26. The minimum atomic E-state index is 0.559. The molecule has 118 valence electrons. The third-order valence-electron chi connectivity index (χ3n) is 4.82. The Balaban J connectivity index is 1.48. The van der Waals surface area contributed by atoms with Gasteiger partial charge in [0.1, 0.15) is 5.75 Å². The van der Waals surface area contributed by atoms with Crippen LogP contribution in [-0.2, 0) is 0 Å². The largest absolute Gasteiger partial charge is 0.493 e. The van der Waals surface area contributed by atoms with Gasteiger partial charge in [0.15, 0.2) is 0 Å². The fourth-order valence-electron chi connectivity index (χ4n) is 3.35. The molecular weight excluding hydrogens is 270 g/mol. The van der Waals surface area contributed by atoms with Gasteiger partial charge in [-0.2, -0.15) is 0 Å². The summed E-state index contributed by atoms with van der Waals surface area (Å²) < 4.78 is 5.94. The minimum absolute atomic E-state index is 0.559. The van der Waals surface area contributed by atoms with Crippen LogP contribution in [-0.4, -0.2) is 19.7 Å². The van der Waals surface area contributed by atoms with Crippen LogP contribution in [0.25, 0.3) is 0 Å². The van der Waals surface area contributed by atoms with Crippen molar-refractivity contribution in [1.29, 1.82) is 0 Å². The van der Waals surface area contributed by atoms with Crippen molar-refractivity contribution in [3.05, 3.63) is 29.8 Å². The van der Waals surface area contributed by atoms with Crippen LogP contribution in [0.1, 0.15) is 50.5 Å². The molecular formula is C20H27NO. The van der Waals surface area contributed by atoms with Gasteiger partial charge in [0, 0.05) is 11.5 Å². The normalized spacial score (nSPS) is 20.2. The first kappa shape index (κ1) is 15.4. The Hall–Kier alpha value is -1.46. The monoisotopic (exact) mass is 297 g/mol. The van der Waals surface area contributed by atoms with Gasteiger partial charge in [-0.15, -0.1) is 0 Å². The van der Waals surface area contributed by atoms with Gasteiger partial charge < -0.3 is 10.1 Å². The Morgan fingerprint density at radius 2 is 1.68 bits per heavy atom. The third kappa shape index (κ3) is 4.78. The molecule has 1 saturated carbocycles. The molecule has 2 heteroatoms. The molecule has 0 spiro atoms. The first-order valence-corrected chi connectivity index (χ1v) is 8.85. The molecule has 22 heavy (non-hydrogen) atoms. The van der Waals surface area contributed by atoms with E-state index in [0.29, 0.717) is 5.92 Å². The Morgan fingerprint density at radius 1 is 0.955 bits per heavy atom. The number of nitrogens with one attached hydrogen (secondary N) is 1. The molecule has 0 amide bonds. The Labute approximate surface area is 134 Å². The van der Waals surface area contributed by atoms with Crippen molar-refractivity contribution in [2.75, 3.05) is 19.7 Å². The average molecular weight is 297 g/mol. The molecule has 0 radical (unpaired) electrons. The number of hydrogen-bond acceptors (Lipinski definition) is 2. The highest BCUT2D eigenvalue weighted by molar-refractivity contribution is 5.38. The van der Waals surface area contributed by atoms with Crippen LogP contribution >= 0.6 is 0 Å². The lowest BCUT2D eigenvalue weighted by Gasteiger charge is -2.21. The first-order chi connectivity index (χ1) is 10.9. The highest BCUT2D eigenvalue weighted by atomic mass is 16.5. The summed E-state index contributed by atoms with van der Waals surface area (Å²) in [4.78, 5) is 0. The number of hydrogen-bond donors (Lipinski definition) is 1. The van der Waals surface area contributed by atoms with Crippen LogP contribution in [0.5, 0.6) is 5.75 Å². The number of piperidine rings is 1. The smallest absolute Gasteiger partial charge is 0.119 e. The van der Waals surface area contributed by atoms with Crippen LogP contribution in [0.15, 0.2) is 24.3 Å². The maximum absolute atomic E-state index is 5.94. The average Bonchev–Trinajstić information content (AvgIpc) is 2.61. The van der Waals surface area contributed by atoms with Crippen LogP contribution in [0, 0.1) is 23.7 Å². The van der Waals surface area contributed by atoms with E-state index in [9.17, 15) is 0 Å². The standard InChI is InChI=1S/C20H27NO/c1-2-4-19(5-3-1)16-22-20-10-8-17(9-11-20)6-7-18-12-14-21-15-13-18/h8-11,18-19,21H,1-5,12-16H2. The second-order valence-electron chi connectivity index (χ2n) is 6.63. The van der Waals surface area contributed by atoms with E-state index in [4.69, 9.17) is 4.74 Å².